The lowest BCUT2D eigenvalue weighted by molar-refractivity contribution is -0.119. The molecule has 1 atom stereocenters. The number of carbonyl (C=O) groups is 2. The molecule has 2 aromatic carbocycles. The first-order chi connectivity index (χ1) is 14.4. The maximum Gasteiger partial charge on any atom is 0.232 e. The van der Waals surface area contributed by atoms with Gasteiger partial charge in [-0.05, 0) is 37.1 Å². The summed E-state index contributed by atoms with van der Waals surface area (Å²) in [6, 6.07) is 9.55. The Bertz CT molecular complexity index is 1070. The maximum atomic E-state index is 13.7. The Balaban J connectivity index is 1.87. The lowest BCUT2D eigenvalue weighted by atomic mass is 9.77. The summed E-state index contributed by atoms with van der Waals surface area (Å²) in [5.74, 6) is 0.0759. The number of allylic oxidation sites excluding steroid dienone is 2. The Morgan fingerprint density at radius 2 is 1.87 bits per heavy atom. The van der Waals surface area contributed by atoms with Gasteiger partial charge in [-0.25, -0.2) is 4.39 Å². The minimum absolute atomic E-state index is 0.0184. The first-order valence-electron chi connectivity index (χ1n) is 9.70. The van der Waals surface area contributed by atoms with Crippen molar-refractivity contribution in [3.05, 3.63) is 64.1 Å². The van der Waals surface area contributed by atoms with Gasteiger partial charge in [0, 0.05) is 41.7 Å². The molecule has 0 radical (unpaired) electrons. The number of amides is 1. The van der Waals surface area contributed by atoms with Crippen molar-refractivity contribution in [2.24, 2.45) is 0 Å². The summed E-state index contributed by atoms with van der Waals surface area (Å²) in [6.07, 6.45) is 1.77. The van der Waals surface area contributed by atoms with Crippen molar-refractivity contribution in [3.8, 4) is 11.5 Å². The normalized spacial score (nSPS) is 19.1. The summed E-state index contributed by atoms with van der Waals surface area (Å²) in [4.78, 5) is 27.7. The zero-order chi connectivity index (χ0) is 21.4. The van der Waals surface area contributed by atoms with Gasteiger partial charge >= 0.3 is 0 Å². The number of halogens is 2. The quantitative estimate of drug-likeness (QED) is 0.684. The number of rotatable bonds is 4. The zero-order valence-corrected chi connectivity index (χ0v) is 17.5. The molecule has 0 saturated carbocycles. The van der Waals surface area contributed by atoms with Crippen LogP contribution in [0.5, 0.6) is 11.5 Å². The third kappa shape index (κ3) is 3.45. The van der Waals surface area contributed by atoms with Crippen LogP contribution in [0.3, 0.4) is 0 Å². The second-order valence-electron chi connectivity index (χ2n) is 7.33. The van der Waals surface area contributed by atoms with E-state index in [0.29, 0.717) is 47.7 Å². The van der Waals surface area contributed by atoms with Crippen LogP contribution in [0, 0.1) is 5.82 Å². The Morgan fingerprint density at radius 3 is 2.57 bits per heavy atom. The van der Waals surface area contributed by atoms with E-state index >= 15 is 0 Å². The van der Waals surface area contributed by atoms with Gasteiger partial charge in [-0.2, -0.15) is 0 Å². The van der Waals surface area contributed by atoms with Crippen molar-refractivity contribution in [3.63, 3.8) is 0 Å². The molecule has 1 aliphatic carbocycles. The highest BCUT2D eigenvalue weighted by atomic mass is 35.5. The van der Waals surface area contributed by atoms with E-state index in [-0.39, 0.29) is 23.1 Å². The molecule has 0 bridgehead atoms. The molecule has 0 aromatic heterocycles. The van der Waals surface area contributed by atoms with Crippen molar-refractivity contribution < 1.29 is 23.5 Å². The van der Waals surface area contributed by atoms with E-state index in [4.69, 9.17) is 21.1 Å². The average Bonchev–Trinajstić information content (AvgIpc) is 2.75. The highest BCUT2D eigenvalue weighted by Crippen LogP contribution is 2.46. The summed E-state index contributed by atoms with van der Waals surface area (Å²) < 4.78 is 24.5. The lowest BCUT2D eigenvalue weighted by Crippen LogP contribution is -2.40. The Labute approximate surface area is 179 Å². The molecule has 1 heterocycles. The molecule has 0 saturated heterocycles. The first kappa shape index (κ1) is 20.4. The second-order valence-corrected chi connectivity index (χ2v) is 7.74. The highest BCUT2D eigenvalue weighted by Gasteiger charge is 2.40. The van der Waals surface area contributed by atoms with E-state index < -0.39 is 11.7 Å². The molecule has 0 N–H and O–H groups in total. The van der Waals surface area contributed by atoms with Gasteiger partial charge in [0.05, 0.1) is 24.9 Å². The predicted molar refractivity (Wildman–Crippen MR) is 112 cm³/mol. The summed E-state index contributed by atoms with van der Waals surface area (Å²) in [7, 11) is 3.11. The molecule has 30 heavy (non-hydrogen) atoms. The van der Waals surface area contributed by atoms with Gasteiger partial charge in [-0.3, -0.25) is 14.5 Å². The molecule has 1 unspecified atom stereocenters. The van der Waals surface area contributed by atoms with E-state index in [9.17, 15) is 14.0 Å². The predicted octanol–water partition coefficient (Wildman–Crippen LogP) is 5.02. The number of hydrogen-bond donors (Lipinski definition) is 0. The molecule has 7 heteroatoms. The smallest absolute Gasteiger partial charge is 0.232 e. The van der Waals surface area contributed by atoms with Crippen LogP contribution in [0.4, 0.5) is 10.1 Å². The number of carbonyl (C=O) groups excluding carboxylic acids is 2. The van der Waals surface area contributed by atoms with Crippen molar-refractivity contribution in [1.29, 1.82) is 0 Å². The van der Waals surface area contributed by atoms with Crippen LogP contribution in [0.25, 0.3) is 0 Å². The van der Waals surface area contributed by atoms with Crippen LogP contribution in [0.1, 0.15) is 37.2 Å². The Hall–Kier alpha value is -2.86. The van der Waals surface area contributed by atoms with Gasteiger partial charge in [0.2, 0.25) is 5.91 Å². The van der Waals surface area contributed by atoms with Crippen LogP contribution in [0.15, 0.2) is 47.7 Å². The number of hydrogen-bond acceptors (Lipinski definition) is 4. The Morgan fingerprint density at radius 1 is 1.07 bits per heavy atom. The number of Topliss-reactive ketones (excluding diaryl/α,β-unsaturated/α-hetero) is 1. The zero-order valence-electron chi connectivity index (χ0n) is 16.7. The molecule has 0 spiro atoms. The van der Waals surface area contributed by atoms with Gasteiger partial charge < -0.3 is 9.47 Å². The monoisotopic (exact) mass is 429 g/mol. The van der Waals surface area contributed by atoms with Gasteiger partial charge in [0.1, 0.15) is 17.3 Å². The van der Waals surface area contributed by atoms with Gasteiger partial charge in [-0.1, -0.05) is 17.7 Å². The third-order valence-electron chi connectivity index (χ3n) is 5.65. The fourth-order valence-electron chi connectivity index (χ4n) is 4.29. The molecule has 1 aliphatic heterocycles. The number of benzene rings is 2. The maximum absolute atomic E-state index is 13.7. The molecule has 2 aromatic rings. The minimum atomic E-state index is -0.556. The molecule has 1 amide bonds. The van der Waals surface area contributed by atoms with Crippen molar-refractivity contribution in [1.82, 2.24) is 0 Å². The second kappa shape index (κ2) is 8.11. The number of methoxy groups -OCH3 is 2. The van der Waals surface area contributed by atoms with Crippen LogP contribution >= 0.6 is 11.6 Å². The minimum Gasteiger partial charge on any atom is -0.497 e. The van der Waals surface area contributed by atoms with Gasteiger partial charge in [0.15, 0.2) is 5.78 Å². The summed E-state index contributed by atoms with van der Waals surface area (Å²) in [5, 5.41) is -0.0662. The molecular formula is C23H21ClFNO4. The number of nitrogens with zero attached hydrogens (tertiary/aromatic N) is 1. The first-order valence-corrected chi connectivity index (χ1v) is 10.1. The molecule has 0 fully saturated rings. The summed E-state index contributed by atoms with van der Waals surface area (Å²) in [5.41, 5.74) is 2.51. The van der Waals surface area contributed by atoms with E-state index in [1.54, 1.807) is 26.4 Å². The number of anilines is 1. The van der Waals surface area contributed by atoms with E-state index in [0.717, 1.165) is 5.56 Å². The van der Waals surface area contributed by atoms with Crippen molar-refractivity contribution in [2.75, 3.05) is 19.1 Å². The summed E-state index contributed by atoms with van der Waals surface area (Å²) >= 11 is 5.95. The molecular weight excluding hydrogens is 409 g/mol. The average molecular weight is 430 g/mol. The molecule has 5 nitrogen and oxygen atoms in total. The third-order valence-corrected chi connectivity index (χ3v) is 5.94. The van der Waals surface area contributed by atoms with Gasteiger partial charge in [0.25, 0.3) is 0 Å². The fraction of sp³-hybridized carbons (Fsp3) is 0.304. The summed E-state index contributed by atoms with van der Waals surface area (Å²) in [6.45, 7) is 0. The SMILES string of the molecule is COc1ccc(C2CC(=O)N(c3ccc(F)c(Cl)c3)C3=C2C(=O)CCC3)c(OC)c1. The van der Waals surface area contributed by atoms with E-state index in [2.05, 4.69) is 0 Å². The Kier molecular flexibility index (Phi) is 5.52. The molecule has 156 valence electrons. The van der Waals surface area contributed by atoms with E-state index in [1.807, 2.05) is 6.07 Å². The molecule has 2 aliphatic rings. The van der Waals surface area contributed by atoms with E-state index in [1.165, 1.54) is 23.1 Å². The fourth-order valence-corrected chi connectivity index (χ4v) is 4.46. The number of ether oxygens (including phenoxy) is 2. The van der Waals surface area contributed by atoms with Crippen LogP contribution in [-0.4, -0.2) is 25.9 Å². The van der Waals surface area contributed by atoms with Gasteiger partial charge in [-0.15, -0.1) is 0 Å². The van der Waals surface area contributed by atoms with Crippen LogP contribution in [-0.2, 0) is 9.59 Å². The van der Waals surface area contributed by atoms with Crippen LogP contribution in [0.2, 0.25) is 5.02 Å². The molecule has 4 rings (SSSR count). The number of ketones is 1. The standard InChI is InChI=1S/C23H21ClFNO4/c1-29-14-7-8-15(21(11-14)30-2)16-12-22(28)26(13-6-9-18(25)17(24)10-13)19-4-3-5-20(27)23(16)19/h6-11,16H,3-5,12H2,1-2H3. The highest BCUT2D eigenvalue weighted by molar-refractivity contribution is 6.31. The van der Waals surface area contributed by atoms with Crippen molar-refractivity contribution in [2.45, 2.75) is 31.6 Å². The lowest BCUT2D eigenvalue weighted by Gasteiger charge is -2.38. The largest absolute Gasteiger partial charge is 0.497 e. The van der Waals surface area contributed by atoms with Crippen LogP contribution < -0.4 is 14.4 Å². The topological polar surface area (TPSA) is 55.8 Å². The van der Waals surface area contributed by atoms with Crippen molar-refractivity contribution >= 4 is 29.0 Å².